The lowest BCUT2D eigenvalue weighted by Gasteiger charge is -2.10. The molecule has 98 valence electrons. The number of hydrogen-bond acceptors (Lipinski definition) is 2. The van der Waals surface area contributed by atoms with E-state index in [2.05, 4.69) is 0 Å². The Morgan fingerprint density at radius 1 is 1.37 bits per heavy atom. The fraction of sp³-hybridized carbons (Fsp3) is 0.143. The molecule has 5 heteroatoms. The van der Waals surface area contributed by atoms with Crippen LogP contribution >= 0.6 is 12.2 Å². The molecular weight excluding hydrogens is 263 g/mol. The number of aromatic nitrogens is 1. The summed E-state index contributed by atoms with van der Waals surface area (Å²) in [5.74, 6) is -0.416. The minimum atomic E-state index is -0.416. The van der Waals surface area contributed by atoms with E-state index in [9.17, 15) is 9.18 Å². The van der Waals surface area contributed by atoms with Crippen LogP contribution in [0.1, 0.15) is 16.8 Å². The number of pyridine rings is 1. The van der Waals surface area contributed by atoms with Gasteiger partial charge in [0.25, 0.3) is 5.56 Å². The van der Waals surface area contributed by atoms with Gasteiger partial charge in [0, 0.05) is 22.9 Å². The molecule has 0 aliphatic heterocycles. The van der Waals surface area contributed by atoms with Crippen LogP contribution in [0.5, 0.6) is 0 Å². The molecule has 0 aliphatic carbocycles. The minimum absolute atomic E-state index is 0.151. The van der Waals surface area contributed by atoms with Gasteiger partial charge in [0.15, 0.2) is 0 Å². The first-order valence-electron chi connectivity index (χ1n) is 5.73. The Morgan fingerprint density at radius 2 is 2.11 bits per heavy atom. The summed E-state index contributed by atoms with van der Waals surface area (Å²) < 4.78 is 15.4. The first kappa shape index (κ1) is 13.4. The van der Waals surface area contributed by atoms with Crippen LogP contribution in [-0.2, 0) is 6.54 Å². The van der Waals surface area contributed by atoms with Gasteiger partial charge in [-0.1, -0.05) is 30.4 Å². The fourth-order valence-corrected chi connectivity index (χ4v) is 1.95. The largest absolute Gasteiger partial charge is 0.389 e. The van der Waals surface area contributed by atoms with Crippen LogP contribution in [0.3, 0.4) is 0 Å². The Hall–Kier alpha value is -2.01. The molecule has 0 amide bonds. The van der Waals surface area contributed by atoms with E-state index < -0.39 is 5.82 Å². The summed E-state index contributed by atoms with van der Waals surface area (Å²) in [5.41, 5.74) is 6.98. The summed E-state index contributed by atoms with van der Waals surface area (Å²) in [5, 5.41) is 0. The average molecular weight is 276 g/mol. The van der Waals surface area contributed by atoms with E-state index in [1.165, 1.54) is 16.7 Å². The van der Waals surface area contributed by atoms with Crippen LogP contribution in [0, 0.1) is 12.7 Å². The van der Waals surface area contributed by atoms with Crippen molar-refractivity contribution in [3.05, 3.63) is 69.4 Å². The highest BCUT2D eigenvalue weighted by molar-refractivity contribution is 7.80. The summed E-state index contributed by atoms with van der Waals surface area (Å²) >= 11 is 4.79. The zero-order chi connectivity index (χ0) is 14.0. The number of nitrogens with two attached hydrogens (primary N) is 1. The molecule has 0 spiro atoms. The summed E-state index contributed by atoms with van der Waals surface area (Å²) in [6.45, 7) is 2.00. The molecule has 0 radical (unpaired) electrons. The van der Waals surface area contributed by atoms with Gasteiger partial charge in [-0.2, -0.15) is 0 Å². The van der Waals surface area contributed by atoms with Crippen molar-refractivity contribution < 1.29 is 4.39 Å². The lowest BCUT2D eigenvalue weighted by Crippen LogP contribution is -2.22. The van der Waals surface area contributed by atoms with Crippen LogP contribution in [0.15, 0.2) is 41.2 Å². The van der Waals surface area contributed by atoms with Gasteiger partial charge in [-0.3, -0.25) is 4.79 Å². The number of nitrogens with zero attached hydrogens (tertiary/aromatic N) is 1. The monoisotopic (exact) mass is 276 g/mol. The molecule has 1 aromatic carbocycles. The Balaban J connectivity index is 2.39. The van der Waals surface area contributed by atoms with Gasteiger partial charge in [0.2, 0.25) is 0 Å². The first-order valence-corrected chi connectivity index (χ1v) is 6.14. The van der Waals surface area contributed by atoms with Crippen molar-refractivity contribution in [3.63, 3.8) is 0 Å². The first-order chi connectivity index (χ1) is 8.99. The van der Waals surface area contributed by atoms with Crippen LogP contribution in [0.2, 0.25) is 0 Å². The van der Waals surface area contributed by atoms with Crippen molar-refractivity contribution >= 4 is 17.2 Å². The third kappa shape index (κ3) is 2.88. The zero-order valence-corrected chi connectivity index (χ0v) is 11.2. The highest BCUT2D eigenvalue weighted by Gasteiger charge is 2.08. The van der Waals surface area contributed by atoms with E-state index in [1.807, 2.05) is 13.0 Å². The normalized spacial score (nSPS) is 10.4. The maximum absolute atomic E-state index is 13.9. The second-order valence-electron chi connectivity index (χ2n) is 4.26. The van der Waals surface area contributed by atoms with Crippen LogP contribution < -0.4 is 11.3 Å². The molecule has 0 aliphatic rings. The zero-order valence-electron chi connectivity index (χ0n) is 10.4. The Labute approximate surface area is 115 Å². The topological polar surface area (TPSA) is 48.0 Å². The summed E-state index contributed by atoms with van der Waals surface area (Å²) in [6, 6.07) is 9.49. The number of thiocarbonyl (C=S) groups is 1. The van der Waals surface area contributed by atoms with E-state index in [0.717, 1.165) is 5.69 Å². The summed E-state index contributed by atoms with van der Waals surface area (Å²) in [4.78, 5) is 11.9. The number of halogens is 1. The molecule has 2 N–H and O–H groups in total. The van der Waals surface area contributed by atoms with Gasteiger partial charge in [-0.25, -0.2) is 4.39 Å². The van der Waals surface area contributed by atoms with Crippen LogP contribution in [0.4, 0.5) is 4.39 Å². The molecule has 1 aromatic heterocycles. The van der Waals surface area contributed by atoms with Crippen molar-refractivity contribution in [2.24, 2.45) is 5.73 Å². The maximum atomic E-state index is 13.9. The Morgan fingerprint density at radius 3 is 2.68 bits per heavy atom. The SMILES string of the molecule is Cc1cccc(=O)n1Cc1ccc(C(N)=S)cc1F. The third-order valence-corrected chi connectivity index (χ3v) is 3.17. The lowest BCUT2D eigenvalue weighted by atomic mass is 10.1. The lowest BCUT2D eigenvalue weighted by molar-refractivity contribution is 0.593. The van der Waals surface area contributed by atoms with E-state index in [0.29, 0.717) is 11.1 Å². The van der Waals surface area contributed by atoms with Crippen LogP contribution in [0.25, 0.3) is 0 Å². The van der Waals surface area contributed by atoms with Crippen molar-refractivity contribution in [2.75, 3.05) is 0 Å². The van der Waals surface area contributed by atoms with Crippen molar-refractivity contribution in [1.82, 2.24) is 4.57 Å². The molecule has 2 rings (SSSR count). The number of aryl methyl sites for hydroxylation is 1. The van der Waals surface area contributed by atoms with Crippen molar-refractivity contribution in [2.45, 2.75) is 13.5 Å². The molecule has 2 aromatic rings. The Bertz CT molecular complexity index is 694. The smallest absolute Gasteiger partial charge is 0.251 e. The van der Waals surface area contributed by atoms with Gasteiger partial charge < -0.3 is 10.3 Å². The number of rotatable bonds is 3. The molecule has 3 nitrogen and oxygen atoms in total. The van der Waals surface area contributed by atoms with E-state index >= 15 is 0 Å². The fourth-order valence-electron chi connectivity index (χ4n) is 1.83. The highest BCUT2D eigenvalue weighted by Crippen LogP contribution is 2.12. The van der Waals surface area contributed by atoms with Gasteiger partial charge in [0.05, 0.1) is 6.54 Å². The Kier molecular flexibility index (Phi) is 3.76. The summed E-state index contributed by atoms with van der Waals surface area (Å²) in [7, 11) is 0. The molecule has 0 fully saturated rings. The van der Waals surface area contributed by atoms with E-state index in [4.69, 9.17) is 18.0 Å². The maximum Gasteiger partial charge on any atom is 0.251 e. The molecule has 19 heavy (non-hydrogen) atoms. The minimum Gasteiger partial charge on any atom is -0.389 e. The van der Waals surface area contributed by atoms with Gasteiger partial charge in [-0.05, 0) is 19.1 Å². The molecule has 1 heterocycles. The second-order valence-corrected chi connectivity index (χ2v) is 4.70. The molecule has 0 unspecified atom stereocenters. The summed E-state index contributed by atoms with van der Waals surface area (Å²) in [6.07, 6.45) is 0. The second kappa shape index (κ2) is 5.32. The predicted octanol–water partition coefficient (Wildman–Crippen LogP) is 1.98. The van der Waals surface area contributed by atoms with E-state index in [-0.39, 0.29) is 17.1 Å². The standard InChI is InChI=1S/C14H13FN2OS/c1-9-3-2-4-13(18)17(9)8-11-6-5-10(14(16)19)7-12(11)15/h2-7H,8H2,1H3,(H2,16,19). The van der Waals surface area contributed by atoms with Crippen LogP contribution in [-0.4, -0.2) is 9.56 Å². The van der Waals surface area contributed by atoms with E-state index in [1.54, 1.807) is 18.2 Å². The third-order valence-electron chi connectivity index (χ3n) is 2.93. The predicted molar refractivity (Wildman–Crippen MR) is 76.8 cm³/mol. The molecule has 0 saturated carbocycles. The van der Waals surface area contributed by atoms with Gasteiger partial charge in [-0.15, -0.1) is 0 Å². The van der Waals surface area contributed by atoms with Crippen molar-refractivity contribution in [3.8, 4) is 0 Å². The molecule has 0 bridgehead atoms. The quantitative estimate of drug-likeness (QED) is 0.872. The average Bonchev–Trinajstić information content (AvgIpc) is 2.35. The molecular formula is C14H13FN2OS. The highest BCUT2D eigenvalue weighted by atomic mass is 32.1. The number of benzene rings is 1. The van der Waals surface area contributed by atoms with Gasteiger partial charge >= 0.3 is 0 Å². The number of hydrogen-bond donors (Lipinski definition) is 1. The molecule has 0 saturated heterocycles. The van der Waals surface area contributed by atoms with Crippen molar-refractivity contribution in [1.29, 1.82) is 0 Å². The van der Waals surface area contributed by atoms with Gasteiger partial charge in [0.1, 0.15) is 10.8 Å². The molecule has 0 atom stereocenters.